The number of alkyl carbamates (subject to hydrolysis) is 1. The number of hydrogen-bond donors (Lipinski definition) is 1. The second kappa shape index (κ2) is 4.28. The van der Waals surface area contributed by atoms with E-state index >= 15 is 0 Å². The molecule has 0 aromatic heterocycles. The zero-order valence-electron chi connectivity index (χ0n) is 6.37. The van der Waals surface area contributed by atoms with Gasteiger partial charge >= 0.3 is 6.09 Å². The summed E-state index contributed by atoms with van der Waals surface area (Å²) in [7, 11) is 1.56. The molecule has 0 bridgehead atoms. The lowest BCUT2D eigenvalue weighted by Crippen LogP contribution is -2.22. The summed E-state index contributed by atoms with van der Waals surface area (Å²) in [6.45, 7) is 0.497. The maximum atomic E-state index is 10.6. The molecule has 4 heteroatoms. The standard InChI is InChI=1S/C7H11NO2S/c1-8-7(9)10-5-6-3-2-4-11-6/h2,4,6H,3,5H2,1H3,(H,8,9)/t6-/m1/s1. The molecule has 0 fully saturated rings. The Morgan fingerprint density at radius 3 is 3.27 bits per heavy atom. The predicted octanol–water partition coefficient (Wildman–Crippen LogP) is 1.36. The summed E-state index contributed by atoms with van der Waals surface area (Å²) in [5, 5.41) is 4.86. The lowest BCUT2D eigenvalue weighted by molar-refractivity contribution is 0.149. The molecule has 0 spiro atoms. The fraction of sp³-hybridized carbons (Fsp3) is 0.571. The Morgan fingerprint density at radius 2 is 2.73 bits per heavy atom. The molecule has 1 rings (SSSR count). The monoisotopic (exact) mass is 173 g/mol. The molecule has 1 aliphatic heterocycles. The molecule has 1 aliphatic rings. The van der Waals surface area contributed by atoms with E-state index in [4.69, 9.17) is 4.74 Å². The second-order valence-corrected chi connectivity index (χ2v) is 3.43. The van der Waals surface area contributed by atoms with Crippen LogP contribution in [0.15, 0.2) is 11.5 Å². The van der Waals surface area contributed by atoms with E-state index < -0.39 is 0 Å². The van der Waals surface area contributed by atoms with E-state index in [-0.39, 0.29) is 6.09 Å². The number of nitrogens with one attached hydrogen (secondary N) is 1. The van der Waals surface area contributed by atoms with Crippen LogP contribution in [0.25, 0.3) is 0 Å². The van der Waals surface area contributed by atoms with Crippen LogP contribution in [0.5, 0.6) is 0 Å². The maximum Gasteiger partial charge on any atom is 0.406 e. The highest BCUT2D eigenvalue weighted by Crippen LogP contribution is 2.23. The number of ether oxygens (including phenoxy) is 1. The zero-order chi connectivity index (χ0) is 8.10. The number of hydrogen-bond acceptors (Lipinski definition) is 3. The van der Waals surface area contributed by atoms with Gasteiger partial charge < -0.3 is 10.1 Å². The van der Waals surface area contributed by atoms with Gasteiger partial charge in [0.2, 0.25) is 0 Å². The van der Waals surface area contributed by atoms with E-state index in [0.717, 1.165) is 6.42 Å². The highest BCUT2D eigenvalue weighted by molar-refractivity contribution is 8.03. The summed E-state index contributed by atoms with van der Waals surface area (Å²) in [4.78, 5) is 10.6. The Balaban J connectivity index is 2.07. The molecule has 0 saturated heterocycles. The third kappa shape index (κ3) is 2.84. The van der Waals surface area contributed by atoms with Crippen molar-refractivity contribution in [2.75, 3.05) is 13.7 Å². The first-order chi connectivity index (χ1) is 5.33. The number of thioether (sulfide) groups is 1. The molecule has 1 N–H and O–H groups in total. The smallest absolute Gasteiger partial charge is 0.406 e. The van der Waals surface area contributed by atoms with Crippen LogP contribution in [0.3, 0.4) is 0 Å². The summed E-state index contributed by atoms with van der Waals surface area (Å²) in [5.41, 5.74) is 0. The Morgan fingerprint density at radius 1 is 1.91 bits per heavy atom. The van der Waals surface area contributed by atoms with Crippen LogP contribution in [-0.2, 0) is 4.74 Å². The molecule has 1 atom stereocenters. The Bertz CT molecular complexity index is 162. The molecule has 0 radical (unpaired) electrons. The van der Waals surface area contributed by atoms with Gasteiger partial charge in [0.15, 0.2) is 0 Å². The van der Waals surface area contributed by atoms with Gasteiger partial charge in [0, 0.05) is 12.3 Å². The quantitative estimate of drug-likeness (QED) is 0.685. The molecule has 0 unspecified atom stereocenters. The Kier molecular flexibility index (Phi) is 3.29. The van der Waals surface area contributed by atoms with E-state index in [2.05, 4.69) is 11.4 Å². The van der Waals surface area contributed by atoms with Gasteiger partial charge in [0.25, 0.3) is 0 Å². The third-order valence-corrected chi connectivity index (χ3v) is 2.43. The van der Waals surface area contributed by atoms with E-state index in [9.17, 15) is 4.79 Å². The minimum absolute atomic E-state index is 0.350. The first kappa shape index (κ1) is 8.46. The van der Waals surface area contributed by atoms with E-state index in [1.165, 1.54) is 0 Å². The van der Waals surface area contributed by atoms with Crippen LogP contribution in [0.2, 0.25) is 0 Å². The lowest BCUT2D eigenvalue weighted by Gasteiger charge is -2.08. The second-order valence-electron chi connectivity index (χ2n) is 2.21. The van der Waals surface area contributed by atoms with Crippen molar-refractivity contribution in [1.29, 1.82) is 0 Å². The van der Waals surface area contributed by atoms with E-state index in [1.807, 2.05) is 5.41 Å². The molecule has 0 aromatic carbocycles. The van der Waals surface area contributed by atoms with Crippen molar-refractivity contribution in [3.05, 3.63) is 11.5 Å². The average molecular weight is 173 g/mol. The van der Waals surface area contributed by atoms with Crippen LogP contribution in [-0.4, -0.2) is 25.0 Å². The molecule has 0 saturated carbocycles. The van der Waals surface area contributed by atoms with Crippen molar-refractivity contribution in [3.63, 3.8) is 0 Å². The van der Waals surface area contributed by atoms with Crippen LogP contribution in [0, 0.1) is 0 Å². The zero-order valence-corrected chi connectivity index (χ0v) is 7.19. The number of amides is 1. The fourth-order valence-electron chi connectivity index (χ4n) is 0.778. The highest BCUT2D eigenvalue weighted by atomic mass is 32.2. The first-order valence-corrected chi connectivity index (χ1v) is 4.42. The Hall–Kier alpha value is -0.640. The van der Waals surface area contributed by atoms with Crippen LogP contribution in [0.1, 0.15) is 6.42 Å². The summed E-state index contributed by atoms with van der Waals surface area (Å²) in [6.07, 6.45) is 2.74. The average Bonchev–Trinajstić information content (AvgIpc) is 2.52. The van der Waals surface area contributed by atoms with Gasteiger partial charge in [-0.05, 0) is 11.8 Å². The van der Waals surface area contributed by atoms with Crippen molar-refractivity contribution < 1.29 is 9.53 Å². The van der Waals surface area contributed by atoms with Gasteiger partial charge in [-0.25, -0.2) is 4.79 Å². The molecule has 1 amide bonds. The van der Waals surface area contributed by atoms with Crippen LogP contribution >= 0.6 is 11.8 Å². The molecule has 0 aliphatic carbocycles. The normalized spacial score (nSPS) is 21.7. The van der Waals surface area contributed by atoms with Crippen molar-refractivity contribution in [2.24, 2.45) is 0 Å². The Labute approximate surface area is 70.2 Å². The summed E-state index contributed by atoms with van der Waals surface area (Å²) in [6, 6.07) is 0. The summed E-state index contributed by atoms with van der Waals surface area (Å²) >= 11 is 1.71. The predicted molar refractivity (Wildman–Crippen MR) is 45.5 cm³/mol. The number of allylic oxidation sites excluding steroid dienone is 1. The highest BCUT2D eigenvalue weighted by Gasteiger charge is 2.12. The first-order valence-electron chi connectivity index (χ1n) is 3.48. The fourth-order valence-corrected chi connectivity index (χ4v) is 1.59. The molecule has 3 nitrogen and oxygen atoms in total. The third-order valence-electron chi connectivity index (χ3n) is 1.37. The lowest BCUT2D eigenvalue weighted by atomic mass is 10.3. The number of carbonyl (C=O) groups excluding carboxylic acids is 1. The molecule has 11 heavy (non-hydrogen) atoms. The minimum atomic E-state index is -0.350. The summed E-state index contributed by atoms with van der Waals surface area (Å²) in [5.74, 6) is 0. The van der Waals surface area contributed by atoms with Gasteiger partial charge in [-0.2, -0.15) is 0 Å². The molecular weight excluding hydrogens is 162 g/mol. The van der Waals surface area contributed by atoms with Gasteiger partial charge in [0.05, 0.1) is 0 Å². The number of carbonyl (C=O) groups is 1. The van der Waals surface area contributed by atoms with Crippen LogP contribution < -0.4 is 5.32 Å². The van der Waals surface area contributed by atoms with Gasteiger partial charge in [-0.3, -0.25) is 0 Å². The topological polar surface area (TPSA) is 38.3 Å². The molecule has 1 heterocycles. The van der Waals surface area contributed by atoms with Crippen LogP contribution in [0.4, 0.5) is 4.79 Å². The maximum absolute atomic E-state index is 10.6. The van der Waals surface area contributed by atoms with Gasteiger partial charge in [-0.15, -0.1) is 11.8 Å². The van der Waals surface area contributed by atoms with Crippen molar-refractivity contribution >= 4 is 17.9 Å². The minimum Gasteiger partial charge on any atom is -0.448 e. The number of rotatable bonds is 2. The molecule has 62 valence electrons. The van der Waals surface area contributed by atoms with Crippen molar-refractivity contribution in [2.45, 2.75) is 11.7 Å². The van der Waals surface area contributed by atoms with E-state index in [1.54, 1.807) is 18.8 Å². The summed E-state index contributed by atoms with van der Waals surface area (Å²) < 4.78 is 4.86. The van der Waals surface area contributed by atoms with Crippen molar-refractivity contribution in [3.8, 4) is 0 Å². The molecule has 0 aromatic rings. The van der Waals surface area contributed by atoms with Gasteiger partial charge in [-0.1, -0.05) is 6.08 Å². The largest absolute Gasteiger partial charge is 0.448 e. The van der Waals surface area contributed by atoms with Gasteiger partial charge in [0.1, 0.15) is 6.61 Å². The van der Waals surface area contributed by atoms with Crippen molar-refractivity contribution in [1.82, 2.24) is 5.32 Å². The SMILES string of the molecule is CNC(=O)OC[C@H]1CC=CS1. The van der Waals surface area contributed by atoms with E-state index in [0.29, 0.717) is 11.9 Å². The molecular formula is C7H11NO2S.